The SMILES string of the molecule is Cc1cccnc1Sc1cc(-c2cnn([C@H]3CCCNC3)c2)cn2ncc(C#N)c12. The van der Waals surface area contributed by atoms with Gasteiger partial charge in [-0.15, -0.1) is 0 Å². The molecule has 1 atom stereocenters. The molecule has 0 aromatic carbocycles. The molecule has 0 spiro atoms. The fraction of sp³-hybridized carbons (Fsp3) is 0.273. The maximum absolute atomic E-state index is 9.56. The molecule has 150 valence electrons. The molecule has 1 fully saturated rings. The number of hydrogen-bond acceptors (Lipinski definition) is 6. The van der Waals surface area contributed by atoms with Gasteiger partial charge in [0.25, 0.3) is 0 Å². The van der Waals surface area contributed by atoms with Gasteiger partial charge in [-0.2, -0.15) is 15.5 Å². The van der Waals surface area contributed by atoms with Crippen molar-refractivity contribution >= 4 is 17.3 Å². The van der Waals surface area contributed by atoms with Crippen molar-refractivity contribution in [3.63, 3.8) is 0 Å². The lowest BCUT2D eigenvalue weighted by atomic mass is 10.1. The van der Waals surface area contributed by atoms with Crippen molar-refractivity contribution in [3.8, 4) is 17.2 Å². The van der Waals surface area contributed by atoms with E-state index in [1.54, 1.807) is 28.7 Å². The summed E-state index contributed by atoms with van der Waals surface area (Å²) < 4.78 is 3.85. The van der Waals surface area contributed by atoms with Crippen LogP contribution in [0.15, 0.2) is 59.1 Å². The zero-order chi connectivity index (χ0) is 20.5. The van der Waals surface area contributed by atoms with Gasteiger partial charge in [0.05, 0.1) is 29.5 Å². The van der Waals surface area contributed by atoms with Crippen molar-refractivity contribution in [3.05, 3.63) is 60.3 Å². The van der Waals surface area contributed by atoms with Crippen molar-refractivity contribution in [2.24, 2.45) is 0 Å². The minimum Gasteiger partial charge on any atom is -0.315 e. The minimum absolute atomic E-state index is 0.385. The summed E-state index contributed by atoms with van der Waals surface area (Å²) in [5.41, 5.74) is 4.51. The van der Waals surface area contributed by atoms with Crippen LogP contribution in [0.2, 0.25) is 0 Å². The molecule has 1 aliphatic rings. The van der Waals surface area contributed by atoms with Crippen LogP contribution >= 0.6 is 11.8 Å². The average molecular weight is 416 g/mol. The van der Waals surface area contributed by atoms with E-state index in [1.807, 2.05) is 31.5 Å². The number of piperidine rings is 1. The standard InChI is InChI=1S/C22H21N7S/c1-15-4-2-7-25-22(15)30-20-8-16(13-29-21(20)17(9-23)10-27-29)18-11-26-28(14-18)19-5-3-6-24-12-19/h2,4,7-8,10-11,13-14,19,24H,3,5-6,12H2,1H3/t19-/m0/s1. The van der Waals surface area contributed by atoms with Gasteiger partial charge in [0.15, 0.2) is 0 Å². The van der Waals surface area contributed by atoms with Gasteiger partial charge in [-0.1, -0.05) is 17.8 Å². The number of nitrogens with one attached hydrogen (secondary N) is 1. The lowest BCUT2D eigenvalue weighted by Crippen LogP contribution is -2.31. The van der Waals surface area contributed by atoms with Crippen LogP contribution < -0.4 is 5.32 Å². The Kier molecular flexibility index (Phi) is 4.99. The summed E-state index contributed by atoms with van der Waals surface area (Å²) in [5.74, 6) is 0. The molecular weight excluding hydrogens is 394 g/mol. The molecular formula is C22H21N7S. The molecule has 0 unspecified atom stereocenters. The van der Waals surface area contributed by atoms with E-state index in [1.165, 1.54) is 6.42 Å². The molecule has 0 bridgehead atoms. The molecule has 4 aromatic heterocycles. The number of hydrogen-bond donors (Lipinski definition) is 1. The van der Waals surface area contributed by atoms with Gasteiger partial charge < -0.3 is 5.32 Å². The Labute approximate surface area is 178 Å². The van der Waals surface area contributed by atoms with Crippen LogP contribution in [-0.2, 0) is 0 Å². The highest BCUT2D eigenvalue weighted by molar-refractivity contribution is 7.99. The summed E-state index contributed by atoms with van der Waals surface area (Å²) in [4.78, 5) is 5.47. The van der Waals surface area contributed by atoms with Crippen molar-refractivity contribution < 1.29 is 0 Å². The van der Waals surface area contributed by atoms with Crippen molar-refractivity contribution in [2.75, 3.05) is 13.1 Å². The molecule has 5 heterocycles. The number of rotatable bonds is 4. The smallest absolute Gasteiger partial charge is 0.104 e. The van der Waals surface area contributed by atoms with Gasteiger partial charge >= 0.3 is 0 Å². The molecule has 0 radical (unpaired) electrons. The van der Waals surface area contributed by atoms with Gasteiger partial charge in [-0.3, -0.25) is 4.68 Å². The van der Waals surface area contributed by atoms with Crippen LogP contribution in [0.1, 0.15) is 30.0 Å². The highest BCUT2D eigenvalue weighted by Crippen LogP contribution is 2.36. The van der Waals surface area contributed by atoms with Crippen LogP contribution in [0.4, 0.5) is 0 Å². The lowest BCUT2D eigenvalue weighted by Gasteiger charge is -2.22. The highest BCUT2D eigenvalue weighted by Gasteiger charge is 2.18. The first-order chi connectivity index (χ1) is 14.7. The Bertz CT molecular complexity index is 1240. The van der Waals surface area contributed by atoms with Gasteiger partial charge in [-0.05, 0) is 44.0 Å². The topological polar surface area (TPSA) is 83.8 Å². The van der Waals surface area contributed by atoms with Gasteiger partial charge in [-0.25, -0.2) is 9.50 Å². The Morgan fingerprint density at radius 1 is 1.23 bits per heavy atom. The van der Waals surface area contributed by atoms with E-state index >= 15 is 0 Å². The van der Waals surface area contributed by atoms with E-state index in [2.05, 4.69) is 43.5 Å². The van der Waals surface area contributed by atoms with Crippen molar-refractivity contribution in [1.29, 1.82) is 5.26 Å². The molecule has 4 aromatic rings. The average Bonchev–Trinajstić information content (AvgIpc) is 3.43. The van der Waals surface area contributed by atoms with Crippen LogP contribution in [-0.4, -0.2) is 37.5 Å². The maximum Gasteiger partial charge on any atom is 0.104 e. The highest BCUT2D eigenvalue weighted by atomic mass is 32.2. The predicted molar refractivity (Wildman–Crippen MR) is 115 cm³/mol. The summed E-state index contributed by atoms with van der Waals surface area (Å²) in [7, 11) is 0. The summed E-state index contributed by atoms with van der Waals surface area (Å²) in [5, 5.41) is 23.0. The molecule has 8 heteroatoms. The fourth-order valence-electron chi connectivity index (χ4n) is 3.83. The van der Waals surface area contributed by atoms with Crippen molar-refractivity contribution in [1.82, 2.24) is 29.7 Å². The number of nitriles is 1. The molecule has 7 nitrogen and oxygen atoms in total. The Morgan fingerprint density at radius 2 is 2.17 bits per heavy atom. The summed E-state index contributed by atoms with van der Waals surface area (Å²) in [6, 6.07) is 8.72. The number of fused-ring (bicyclic) bond motifs is 1. The Hall–Kier alpha value is -3.15. The van der Waals surface area contributed by atoms with Crippen molar-refractivity contribution in [2.45, 2.75) is 35.7 Å². The molecule has 1 saturated heterocycles. The molecule has 0 saturated carbocycles. The second kappa shape index (κ2) is 7.94. The first-order valence-corrected chi connectivity index (χ1v) is 10.8. The normalized spacial score (nSPS) is 16.6. The zero-order valence-corrected chi connectivity index (χ0v) is 17.4. The third-order valence-corrected chi connectivity index (χ3v) is 6.60. The summed E-state index contributed by atoms with van der Waals surface area (Å²) in [6.07, 6.45) is 11.7. The van der Waals surface area contributed by atoms with E-state index in [9.17, 15) is 5.26 Å². The number of nitrogens with zero attached hydrogens (tertiary/aromatic N) is 6. The second-order valence-electron chi connectivity index (χ2n) is 7.49. The number of aryl methyl sites for hydroxylation is 1. The van der Waals surface area contributed by atoms with Crippen LogP contribution in [0.3, 0.4) is 0 Å². The van der Waals surface area contributed by atoms with Gasteiger partial charge in [0, 0.05) is 41.2 Å². The summed E-state index contributed by atoms with van der Waals surface area (Å²) in [6.45, 7) is 4.07. The van der Waals surface area contributed by atoms with Crippen LogP contribution in [0.5, 0.6) is 0 Å². The molecule has 0 aliphatic carbocycles. The third-order valence-electron chi connectivity index (χ3n) is 5.45. The quantitative estimate of drug-likeness (QED) is 0.545. The van der Waals surface area contributed by atoms with Crippen LogP contribution in [0, 0.1) is 18.3 Å². The lowest BCUT2D eigenvalue weighted by molar-refractivity contribution is 0.347. The van der Waals surface area contributed by atoms with Gasteiger partial charge in [0.2, 0.25) is 0 Å². The second-order valence-corrected chi connectivity index (χ2v) is 8.52. The molecule has 1 aliphatic heterocycles. The first-order valence-electron chi connectivity index (χ1n) is 9.99. The summed E-state index contributed by atoms with van der Waals surface area (Å²) >= 11 is 1.56. The van der Waals surface area contributed by atoms with Gasteiger partial charge in [0.1, 0.15) is 11.1 Å². The monoisotopic (exact) mass is 415 g/mol. The number of aromatic nitrogens is 5. The molecule has 0 amide bonds. The Balaban J connectivity index is 1.58. The third kappa shape index (κ3) is 3.47. The Morgan fingerprint density at radius 3 is 2.97 bits per heavy atom. The molecule has 5 rings (SSSR count). The fourth-order valence-corrected chi connectivity index (χ4v) is 4.87. The largest absolute Gasteiger partial charge is 0.315 e. The van der Waals surface area contributed by atoms with E-state index in [0.29, 0.717) is 11.6 Å². The predicted octanol–water partition coefficient (Wildman–Crippen LogP) is 3.85. The first kappa shape index (κ1) is 18.9. The zero-order valence-electron chi connectivity index (χ0n) is 16.6. The van der Waals surface area contributed by atoms with E-state index < -0.39 is 0 Å². The minimum atomic E-state index is 0.385. The van der Waals surface area contributed by atoms with E-state index in [-0.39, 0.29) is 0 Å². The number of pyridine rings is 2. The van der Waals surface area contributed by atoms with E-state index in [4.69, 9.17) is 0 Å². The van der Waals surface area contributed by atoms with Crippen LogP contribution in [0.25, 0.3) is 16.6 Å². The maximum atomic E-state index is 9.56. The molecule has 30 heavy (non-hydrogen) atoms. The van der Waals surface area contributed by atoms with E-state index in [0.717, 1.165) is 51.6 Å². The molecule has 1 N–H and O–H groups in total.